The van der Waals surface area contributed by atoms with Crippen LogP contribution in [0, 0.1) is 6.92 Å². The highest BCUT2D eigenvalue weighted by molar-refractivity contribution is 5.95. The number of nitrogens with one attached hydrogen (secondary N) is 3. The second-order valence-electron chi connectivity index (χ2n) is 8.34. The number of carbonyl (C=O) groups is 3. The highest BCUT2D eigenvalue weighted by Gasteiger charge is 2.34. The third-order valence-corrected chi connectivity index (χ3v) is 5.28. The number of hydrogen-bond acceptors (Lipinski definition) is 6. The van der Waals surface area contributed by atoms with Gasteiger partial charge in [-0.1, -0.05) is 30.7 Å². The van der Waals surface area contributed by atoms with Crippen molar-refractivity contribution in [3.63, 3.8) is 0 Å². The lowest BCUT2D eigenvalue weighted by molar-refractivity contribution is -0.143. The first-order valence-electron chi connectivity index (χ1n) is 11.4. The molecular weight excluding hydrogens is 450 g/mol. The Morgan fingerprint density at radius 3 is 2.43 bits per heavy atom. The van der Waals surface area contributed by atoms with Crippen LogP contribution in [0.1, 0.15) is 44.4 Å². The number of ether oxygens (including phenoxy) is 3. The van der Waals surface area contributed by atoms with E-state index in [0.29, 0.717) is 40.4 Å². The fraction of sp³-hybridized carbons (Fsp3) is 0.346. The molecule has 0 saturated carbocycles. The van der Waals surface area contributed by atoms with E-state index < -0.39 is 18.0 Å². The third-order valence-electron chi connectivity index (χ3n) is 5.28. The second kappa shape index (κ2) is 11.4. The van der Waals surface area contributed by atoms with Crippen LogP contribution >= 0.6 is 0 Å². The van der Waals surface area contributed by atoms with Crippen LogP contribution in [0.25, 0.3) is 0 Å². The molecule has 0 spiro atoms. The fourth-order valence-corrected chi connectivity index (χ4v) is 3.63. The maximum absolute atomic E-state index is 12.9. The molecule has 0 radical (unpaired) electrons. The lowest BCUT2D eigenvalue weighted by atomic mass is 9.94. The average Bonchev–Trinajstić information content (AvgIpc) is 2.82. The van der Waals surface area contributed by atoms with Crippen molar-refractivity contribution < 1.29 is 28.6 Å². The molecule has 186 valence electrons. The molecule has 0 saturated heterocycles. The summed E-state index contributed by atoms with van der Waals surface area (Å²) in [5.74, 6) is -0.129. The Kier molecular flexibility index (Phi) is 8.35. The molecule has 35 heavy (non-hydrogen) atoms. The second-order valence-corrected chi connectivity index (χ2v) is 8.34. The molecule has 1 aliphatic heterocycles. The SMILES string of the molecule is CCC1=C(C(=O)OC(C)C)C(c2ccc(OCC(=O)Nc3ccc(C)cc3)c(OC)c2)NC(=O)N1. The first kappa shape index (κ1) is 25.6. The normalized spacial score (nSPS) is 15.3. The minimum atomic E-state index is -0.738. The van der Waals surface area contributed by atoms with E-state index in [0.717, 1.165) is 5.56 Å². The third kappa shape index (κ3) is 6.53. The van der Waals surface area contributed by atoms with Crippen molar-refractivity contribution in [1.29, 1.82) is 0 Å². The maximum Gasteiger partial charge on any atom is 0.338 e. The van der Waals surface area contributed by atoms with E-state index in [-0.39, 0.29) is 18.6 Å². The van der Waals surface area contributed by atoms with Crippen LogP contribution in [0.5, 0.6) is 11.5 Å². The summed E-state index contributed by atoms with van der Waals surface area (Å²) in [6.07, 6.45) is 0.128. The Labute approximate surface area is 204 Å². The molecule has 3 rings (SSSR count). The van der Waals surface area contributed by atoms with Crippen molar-refractivity contribution in [2.24, 2.45) is 0 Å². The minimum Gasteiger partial charge on any atom is -0.493 e. The van der Waals surface area contributed by atoms with Crippen LogP contribution in [0.4, 0.5) is 10.5 Å². The van der Waals surface area contributed by atoms with Crippen molar-refractivity contribution in [2.45, 2.75) is 46.3 Å². The molecule has 2 aromatic carbocycles. The molecule has 9 heteroatoms. The molecule has 9 nitrogen and oxygen atoms in total. The van der Waals surface area contributed by atoms with Crippen LogP contribution in [-0.2, 0) is 14.3 Å². The van der Waals surface area contributed by atoms with Gasteiger partial charge in [-0.25, -0.2) is 9.59 Å². The highest BCUT2D eigenvalue weighted by atomic mass is 16.5. The number of carbonyl (C=O) groups excluding carboxylic acids is 3. The molecule has 1 heterocycles. The first-order chi connectivity index (χ1) is 16.7. The fourth-order valence-electron chi connectivity index (χ4n) is 3.63. The zero-order chi connectivity index (χ0) is 25.5. The van der Waals surface area contributed by atoms with E-state index in [1.807, 2.05) is 38.1 Å². The van der Waals surface area contributed by atoms with Crippen LogP contribution in [-0.4, -0.2) is 37.7 Å². The Morgan fingerprint density at radius 2 is 1.80 bits per heavy atom. The molecule has 1 atom stereocenters. The smallest absolute Gasteiger partial charge is 0.338 e. The monoisotopic (exact) mass is 481 g/mol. The van der Waals surface area contributed by atoms with Crippen LogP contribution in [0.3, 0.4) is 0 Å². The van der Waals surface area contributed by atoms with Crippen LogP contribution in [0.2, 0.25) is 0 Å². The van der Waals surface area contributed by atoms with Crippen molar-refractivity contribution in [2.75, 3.05) is 19.0 Å². The van der Waals surface area contributed by atoms with Gasteiger partial charge in [-0.05, 0) is 57.0 Å². The number of hydrogen-bond donors (Lipinski definition) is 3. The van der Waals surface area contributed by atoms with Crippen LogP contribution < -0.4 is 25.4 Å². The van der Waals surface area contributed by atoms with E-state index in [2.05, 4.69) is 16.0 Å². The van der Waals surface area contributed by atoms with Gasteiger partial charge in [0.05, 0.1) is 24.8 Å². The lowest BCUT2D eigenvalue weighted by Gasteiger charge is -2.30. The van der Waals surface area contributed by atoms with E-state index in [4.69, 9.17) is 14.2 Å². The number of esters is 1. The summed E-state index contributed by atoms with van der Waals surface area (Å²) in [7, 11) is 1.47. The zero-order valence-corrected chi connectivity index (χ0v) is 20.6. The summed E-state index contributed by atoms with van der Waals surface area (Å²) in [5.41, 5.74) is 3.20. The van der Waals surface area contributed by atoms with E-state index in [9.17, 15) is 14.4 Å². The summed E-state index contributed by atoms with van der Waals surface area (Å²) in [6, 6.07) is 11.3. The molecule has 1 unspecified atom stereocenters. The van der Waals surface area contributed by atoms with Gasteiger partial charge in [0.1, 0.15) is 0 Å². The Bertz CT molecular complexity index is 1120. The van der Waals surface area contributed by atoms with Gasteiger partial charge >= 0.3 is 12.0 Å². The summed E-state index contributed by atoms with van der Waals surface area (Å²) in [6.45, 7) is 7.12. The first-order valence-corrected chi connectivity index (χ1v) is 11.4. The summed E-state index contributed by atoms with van der Waals surface area (Å²) < 4.78 is 16.6. The van der Waals surface area contributed by atoms with Gasteiger partial charge in [0.15, 0.2) is 18.1 Å². The van der Waals surface area contributed by atoms with Crippen molar-refractivity contribution in [3.8, 4) is 11.5 Å². The molecule has 0 fully saturated rings. The Morgan fingerprint density at radius 1 is 1.09 bits per heavy atom. The summed E-state index contributed by atoms with van der Waals surface area (Å²) >= 11 is 0. The largest absolute Gasteiger partial charge is 0.493 e. The minimum absolute atomic E-state index is 0.223. The molecule has 3 amide bonds. The van der Waals surface area contributed by atoms with Crippen LogP contribution in [0.15, 0.2) is 53.7 Å². The molecule has 3 N–H and O–H groups in total. The van der Waals surface area contributed by atoms with Crippen molar-refractivity contribution >= 4 is 23.6 Å². The summed E-state index contributed by atoms with van der Waals surface area (Å²) in [5, 5.41) is 8.25. The van der Waals surface area contributed by atoms with Gasteiger partial charge in [-0.2, -0.15) is 0 Å². The molecule has 1 aliphatic rings. The van der Waals surface area contributed by atoms with E-state index >= 15 is 0 Å². The molecule has 2 aromatic rings. The number of allylic oxidation sites excluding steroid dienone is 1. The zero-order valence-electron chi connectivity index (χ0n) is 20.6. The Hall–Kier alpha value is -4.01. The summed E-state index contributed by atoms with van der Waals surface area (Å²) in [4.78, 5) is 37.4. The number of urea groups is 1. The predicted molar refractivity (Wildman–Crippen MR) is 131 cm³/mol. The van der Waals surface area contributed by atoms with Gasteiger partial charge < -0.3 is 30.2 Å². The van der Waals surface area contributed by atoms with E-state index in [1.54, 1.807) is 32.0 Å². The number of aryl methyl sites for hydroxylation is 1. The molecular formula is C26H31N3O6. The van der Waals surface area contributed by atoms with Gasteiger partial charge in [0.25, 0.3) is 5.91 Å². The van der Waals surface area contributed by atoms with Gasteiger partial charge in [-0.15, -0.1) is 0 Å². The standard InChI is InChI=1S/C26H31N3O6/c1-6-19-23(25(31)35-15(2)3)24(29-26(32)28-19)17-9-12-20(21(13-17)33-5)34-14-22(30)27-18-10-7-16(4)8-11-18/h7-13,15,24H,6,14H2,1-5H3,(H,27,30)(H2,28,29,32). The lowest BCUT2D eigenvalue weighted by Crippen LogP contribution is -2.46. The Balaban J connectivity index is 1.80. The molecule has 0 aromatic heterocycles. The quantitative estimate of drug-likeness (QED) is 0.467. The van der Waals surface area contributed by atoms with E-state index in [1.165, 1.54) is 7.11 Å². The molecule has 0 bridgehead atoms. The maximum atomic E-state index is 12.9. The van der Waals surface area contributed by atoms with Gasteiger partial charge in [0, 0.05) is 11.4 Å². The number of methoxy groups -OCH3 is 1. The van der Waals surface area contributed by atoms with Crippen molar-refractivity contribution in [3.05, 3.63) is 64.9 Å². The van der Waals surface area contributed by atoms with Gasteiger partial charge in [-0.3, -0.25) is 4.79 Å². The number of rotatable bonds is 9. The predicted octanol–water partition coefficient (Wildman–Crippen LogP) is 3.99. The van der Waals surface area contributed by atoms with Gasteiger partial charge in [0.2, 0.25) is 0 Å². The molecule has 0 aliphatic carbocycles. The van der Waals surface area contributed by atoms with Crippen molar-refractivity contribution in [1.82, 2.24) is 10.6 Å². The topological polar surface area (TPSA) is 115 Å². The number of benzene rings is 2. The average molecular weight is 482 g/mol. The highest BCUT2D eigenvalue weighted by Crippen LogP contribution is 2.35. The number of anilines is 1. The number of amides is 3.